The van der Waals surface area contributed by atoms with Gasteiger partial charge in [0.1, 0.15) is 23.3 Å². The molecule has 1 rings (SSSR count). The Balaban J connectivity index is 3.16. The van der Waals surface area contributed by atoms with Crippen molar-refractivity contribution < 1.29 is 33.4 Å². The molecule has 4 atom stereocenters. The van der Waals surface area contributed by atoms with Crippen molar-refractivity contribution in [2.45, 2.75) is 91.1 Å². The first kappa shape index (κ1) is 29.3. The summed E-state index contributed by atoms with van der Waals surface area (Å²) in [6.07, 6.45) is 0.576. The van der Waals surface area contributed by atoms with Gasteiger partial charge in [-0.3, -0.25) is 9.69 Å². The third kappa shape index (κ3) is 8.53. The minimum absolute atomic E-state index is 0.0379. The Morgan fingerprint density at radius 3 is 2.06 bits per heavy atom. The van der Waals surface area contributed by atoms with Crippen molar-refractivity contribution in [1.29, 1.82) is 0 Å². The normalized spacial score (nSPS) is 21.5. The molecule has 1 aliphatic heterocycles. The Morgan fingerprint density at radius 2 is 1.62 bits per heavy atom. The Kier molecular flexibility index (Phi) is 9.96. The van der Waals surface area contributed by atoms with Crippen LogP contribution >= 0.6 is 0 Å². The van der Waals surface area contributed by atoms with Crippen molar-refractivity contribution in [1.82, 2.24) is 15.5 Å². The van der Waals surface area contributed by atoms with Crippen molar-refractivity contribution in [2.75, 3.05) is 13.7 Å². The lowest BCUT2D eigenvalue weighted by atomic mass is 9.92. The van der Waals surface area contributed by atoms with E-state index in [1.54, 1.807) is 61.5 Å². The summed E-state index contributed by atoms with van der Waals surface area (Å²) < 4.78 is 15.7. The van der Waals surface area contributed by atoms with Gasteiger partial charge in [-0.25, -0.2) is 14.4 Å². The topological polar surface area (TPSA) is 123 Å². The SMILES string of the molecule is C=CC[C@@H]1[C@@H](NC(=O)[C@@H](NC(=O)OC(C)(C)C)C(C)C)CN(C(=O)OC(C)(C)C)[C@@H]1C(=O)OC. The van der Waals surface area contributed by atoms with E-state index in [-0.39, 0.29) is 12.5 Å². The van der Waals surface area contributed by atoms with Crippen LogP contribution in [0.2, 0.25) is 0 Å². The van der Waals surface area contributed by atoms with Gasteiger partial charge < -0.3 is 24.8 Å². The minimum Gasteiger partial charge on any atom is -0.467 e. The molecule has 0 aromatic rings. The Morgan fingerprint density at radius 1 is 1.06 bits per heavy atom. The lowest BCUT2D eigenvalue weighted by Gasteiger charge is -2.28. The molecule has 1 fully saturated rings. The minimum atomic E-state index is -0.959. The molecule has 0 radical (unpaired) electrons. The number of methoxy groups -OCH3 is 1. The second-order valence-corrected chi connectivity index (χ2v) is 10.8. The molecule has 0 aromatic heterocycles. The Labute approximate surface area is 202 Å². The van der Waals surface area contributed by atoms with Gasteiger partial charge in [0.2, 0.25) is 5.91 Å². The van der Waals surface area contributed by atoms with Gasteiger partial charge in [0.15, 0.2) is 0 Å². The first-order chi connectivity index (χ1) is 15.5. The summed E-state index contributed by atoms with van der Waals surface area (Å²) in [6, 6.07) is -2.44. The summed E-state index contributed by atoms with van der Waals surface area (Å²) in [5.74, 6) is -1.79. The number of alkyl carbamates (subject to hydrolysis) is 1. The molecule has 0 bridgehead atoms. The molecule has 0 aromatic carbocycles. The maximum Gasteiger partial charge on any atom is 0.411 e. The highest BCUT2D eigenvalue weighted by molar-refractivity contribution is 5.87. The number of carbonyl (C=O) groups excluding carboxylic acids is 4. The summed E-state index contributed by atoms with van der Waals surface area (Å²) in [4.78, 5) is 52.3. The molecule has 0 saturated carbocycles. The van der Waals surface area contributed by atoms with Crippen LogP contribution in [0.3, 0.4) is 0 Å². The van der Waals surface area contributed by atoms with Crippen LogP contribution in [0.15, 0.2) is 12.7 Å². The van der Waals surface area contributed by atoms with E-state index in [1.807, 2.05) is 0 Å². The van der Waals surface area contributed by atoms with Gasteiger partial charge in [0.05, 0.1) is 13.2 Å². The highest BCUT2D eigenvalue weighted by atomic mass is 16.6. The van der Waals surface area contributed by atoms with Gasteiger partial charge in [0.25, 0.3) is 0 Å². The fourth-order valence-corrected chi connectivity index (χ4v) is 3.72. The number of rotatable bonds is 7. The number of hydrogen-bond acceptors (Lipinski definition) is 7. The van der Waals surface area contributed by atoms with E-state index in [1.165, 1.54) is 12.0 Å². The van der Waals surface area contributed by atoms with Crippen LogP contribution in [-0.2, 0) is 23.8 Å². The van der Waals surface area contributed by atoms with Crippen LogP contribution in [0.5, 0.6) is 0 Å². The van der Waals surface area contributed by atoms with E-state index >= 15 is 0 Å². The lowest BCUT2D eigenvalue weighted by Crippen LogP contribution is -2.54. The molecular weight excluding hydrogens is 442 g/mol. The van der Waals surface area contributed by atoms with Gasteiger partial charge >= 0.3 is 18.2 Å². The summed E-state index contributed by atoms with van der Waals surface area (Å²) >= 11 is 0. The summed E-state index contributed by atoms with van der Waals surface area (Å²) in [7, 11) is 1.24. The molecule has 194 valence electrons. The summed E-state index contributed by atoms with van der Waals surface area (Å²) in [5, 5.41) is 5.52. The predicted molar refractivity (Wildman–Crippen MR) is 127 cm³/mol. The molecule has 0 aliphatic carbocycles. The van der Waals surface area contributed by atoms with Gasteiger partial charge in [0, 0.05) is 12.5 Å². The molecule has 0 spiro atoms. The predicted octanol–water partition coefficient (Wildman–Crippen LogP) is 3.01. The first-order valence-corrected chi connectivity index (χ1v) is 11.5. The van der Waals surface area contributed by atoms with E-state index < -0.39 is 59.3 Å². The number of amides is 3. The number of nitrogens with one attached hydrogen (secondary N) is 2. The van der Waals surface area contributed by atoms with Crippen molar-refractivity contribution in [2.24, 2.45) is 11.8 Å². The number of carbonyl (C=O) groups is 4. The largest absolute Gasteiger partial charge is 0.467 e. The standard InChI is InChI=1S/C24H41N3O7/c1-11-12-15-16(13-27(18(15)20(29)32-10)22(31)34-24(7,8)9)25-19(28)17(14(2)3)26-21(30)33-23(4,5)6/h11,14-18H,1,12-13H2,2-10H3,(H,25,28)(H,26,30)/t15-,16+,17+,18+/m1/s1. The molecule has 3 amide bonds. The average Bonchev–Trinajstić information content (AvgIpc) is 3.01. The monoisotopic (exact) mass is 483 g/mol. The maximum absolute atomic E-state index is 13.2. The second kappa shape index (κ2) is 11.6. The Bertz CT molecular complexity index is 768. The molecule has 10 nitrogen and oxygen atoms in total. The third-order valence-electron chi connectivity index (χ3n) is 5.11. The van der Waals surface area contributed by atoms with E-state index in [9.17, 15) is 19.2 Å². The van der Waals surface area contributed by atoms with Crippen LogP contribution in [-0.4, -0.2) is 71.9 Å². The fraction of sp³-hybridized carbons (Fsp3) is 0.750. The maximum atomic E-state index is 13.2. The van der Waals surface area contributed by atoms with Crippen LogP contribution < -0.4 is 10.6 Å². The highest BCUT2D eigenvalue weighted by Gasteiger charge is 2.50. The van der Waals surface area contributed by atoms with Crippen LogP contribution in [0.25, 0.3) is 0 Å². The lowest BCUT2D eigenvalue weighted by molar-refractivity contribution is -0.147. The van der Waals surface area contributed by atoms with Gasteiger partial charge in [-0.2, -0.15) is 0 Å². The number of esters is 1. The van der Waals surface area contributed by atoms with E-state index in [0.717, 1.165) is 0 Å². The quantitative estimate of drug-likeness (QED) is 0.324. The number of nitrogens with zero attached hydrogens (tertiary/aromatic N) is 1. The average molecular weight is 484 g/mol. The Hall–Kier alpha value is -2.78. The van der Waals surface area contributed by atoms with Gasteiger partial charge in [-0.15, -0.1) is 6.58 Å². The second-order valence-electron chi connectivity index (χ2n) is 10.8. The summed E-state index contributed by atoms with van der Waals surface area (Å²) in [5.41, 5.74) is -1.49. The number of hydrogen-bond donors (Lipinski definition) is 2. The van der Waals surface area contributed by atoms with Gasteiger partial charge in [-0.05, 0) is 53.9 Å². The van der Waals surface area contributed by atoms with Crippen LogP contribution in [0, 0.1) is 11.8 Å². The first-order valence-electron chi connectivity index (χ1n) is 11.5. The van der Waals surface area contributed by atoms with Crippen LogP contribution in [0.1, 0.15) is 61.8 Å². The zero-order valence-corrected chi connectivity index (χ0v) is 21.9. The number of ether oxygens (including phenoxy) is 3. The van der Waals surface area contributed by atoms with Crippen molar-refractivity contribution in [3.05, 3.63) is 12.7 Å². The molecule has 2 N–H and O–H groups in total. The van der Waals surface area contributed by atoms with E-state index in [2.05, 4.69) is 17.2 Å². The van der Waals surface area contributed by atoms with E-state index in [4.69, 9.17) is 14.2 Å². The van der Waals surface area contributed by atoms with Crippen LogP contribution in [0.4, 0.5) is 9.59 Å². The zero-order chi connectivity index (χ0) is 26.4. The molecule has 0 unspecified atom stereocenters. The van der Waals surface area contributed by atoms with E-state index in [0.29, 0.717) is 6.42 Å². The van der Waals surface area contributed by atoms with Crippen molar-refractivity contribution >= 4 is 24.1 Å². The van der Waals surface area contributed by atoms with Gasteiger partial charge in [-0.1, -0.05) is 19.9 Å². The third-order valence-corrected chi connectivity index (χ3v) is 5.11. The smallest absolute Gasteiger partial charge is 0.411 e. The summed E-state index contributed by atoms with van der Waals surface area (Å²) in [6.45, 7) is 17.7. The number of allylic oxidation sites excluding steroid dienone is 1. The highest BCUT2D eigenvalue weighted by Crippen LogP contribution is 2.31. The number of likely N-dealkylation sites (tertiary alicyclic amines) is 1. The zero-order valence-electron chi connectivity index (χ0n) is 21.9. The molecule has 10 heteroatoms. The molecule has 1 heterocycles. The molecular formula is C24H41N3O7. The van der Waals surface area contributed by atoms with Crippen molar-refractivity contribution in [3.63, 3.8) is 0 Å². The molecule has 1 saturated heterocycles. The fourth-order valence-electron chi connectivity index (χ4n) is 3.72. The molecule has 34 heavy (non-hydrogen) atoms. The molecule has 1 aliphatic rings. The van der Waals surface area contributed by atoms with Crippen molar-refractivity contribution in [3.8, 4) is 0 Å².